The topological polar surface area (TPSA) is 20.3 Å². The molecule has 2 aromatic carbocycles. The molecular weight excluding hydrogens is 350 g/mol. The first-order chi connectivity index (χ1) is 10.1. The van der Waals surface area contributed by atoms with Crippen LogP contribution in [0.25, 0.3) is 0 Å². The van der Waals surface area contributed by atoms with E-state index in [1.54, 1.807) is 4.90 Å². The molecule has 0 spiro atoms. The summed E-state index contributed by atoms with van der Waals surface area (Å²) in [6.07, 6.45) is 0. The molecule has 0 atom stereocenters. The number of hydrogen-bond donors (Lipinski definition) is 0. The fourth-order valence-corrected chi connectivity index (χ4v) is 2.74. The first kappa shape index (κ1) is 16.1. The largest absolute Gasteiger partial charge is 0.333 e. The number of carbonyl (C=O) groups is 1. The first-order valence-corrected chi connectivity index (χ1v) is 8.10. The molecule has 1 amide bonds. The van der Waals surface area contributed by atoms with Gasteiger partial charge < -0.3 is 4.90 Å². The van der Waals surface area contributed by atoms with E-state index in [1.165, 1.54) is 0 Å². The normalized spacial score (nSPS) is 10.4. The van der Waals surface area contributed by atoms with E-state index in [4.69, 9.17) is 11.6 Å². The summed E-state index contributed by atoms with van der Waals surface area (Å²) in [5.74, 6) is 0.435. The van der Waals surface area contributed by atoms with Gasteiger partial charge in [0, 0.05) is 29.0 Å². The van der Waals surface area contributed by atoms with E-state index in [0.717, 1.165) is 15.6 Å². The lowest BCUT2D eigenvalue weighted by Crippen LogP contribution is -2.32. The zero-order chi connectivity index (χ0) is 15.2. The Morgan fingerprint density at radius 2 is 1.86 bits per heavy atom. The fraction of sp³-hybridized carbons (Fsp3) is 0.235. The van der Waals surface area contributed by atoms with Crippen LogP contribution in [0.2, 0.25) is 0 Å². The Balaban J connectivity index is 2.25. The second kappa shape index (κ2) is 7.62. The summed E-state index contributed by atoms with van der Waals surface area (Å²) in [6.45, 7) is 3.04. The third-order valence-corrected chi connectivity index (χ3v) is 4.38. The summed E-state index contributed by atoms with van der Waals surface area (Å²) < 4.78 is 0.943. The van der Waals surface area contributed by atoms with Gasteiger partial charge in [-0.25, -0.2) is 0 Å². The minimum absolute atomic E-state index is 0.0123. The molecule has 21 heavy (non-hydrogen) atoms. The van der Waals surface area contributed by atoms with Gasteiger partial charge in [-0.15, -0.1) is 11.6 Å². The second-order valence-corrected chi connectivity index (χ2v) is 6.05. The Kier molecular flexibility index (Phi) is 5.83. The Morgan fingerprint density at radius 1 is 1.14 bits per heavy atom. The second-order valence-electron chi connectivity index (χ2n) is 4.81. The SMILES string of the molecule is Cc1c(Br)cccc1C(=O)N(CCCl)Cc1ccccc1. The lowest BCUT2D eigenvalue weighted by Gasteiger charge is -2.23. The van der Waals surface area contributed by atoms with Gasteiger partial charge in [0.2, 0.25) is 0 Å². The molecule has 0 aliphatic rings. The van der Waals surface area contributed by atoms with Crippen molar-refractivity contribution < 1.29 is 4.79 Å². The van der Waals surface area contributed by atoms with E-state index in [2.05, 4.69) is 15.9 Å². The van der Waals surface area contributed by atoms with Crippen molar-refractivity contribution in [3.05, 3.63) is 69.7 Å². The molecular formula is C17H17BrClNO. The summed E-state index contributed by atoms with van der Waals surface area (Å²) in [5.41, 5.74) is 2.77. The molecule has 0 heterocycles. The fourth-order valence-electron chi connectivity index (χ4n) is 2.17. The summed E-state index contributed by atoms with van der Waals surface area (Å²) in [7, 11) is 0. The molecule has 110 valence electrons. The predicted molar refractivity (Wildman–Crippen MR) is 90.8 cm³/mol. The van der Waals surface area contributed by atoms with Crippen molar-refractivity contribution >= 4 is 33.4 Å². The average molecular weight is 367 g/mol. The standard InChI is InChI=1S/C17H17BrClNO/c1-13-15(8-5-9-16(13)18)17(21)20(11-10-19)12-14-6-3-2-4-7-14/h2-9H,10-12H2,1H3. The van der Waals surface area contributed by atoms with E-state index in [0.29, 0.717) is 24.5 Å². The quantitative estimate of drug-likeness (QED) is 0.706. The highest BCUT2D eigenvalue weighted by Gasteiger charge is 2.18. The van der Waals surface area contributed by atoms with E-state index in [-0.39, 0.29) is 5.91 Å². The Labute approximate surface area is 138 Å². The van der Waals surface area contributed by atoms with E-state index in [1.807, 2.05) is 55.5 Å². The lowest BCUT2D eigenvalue weighted by atomic mass is 10.1. The van der Waals surface area contributed by atoms with Gasteiger partial charge in [-0.2, -0.15) is 0 Å². The number of carbonyl (C=O) groups excluding carboxylic acids is 1. The van der Waals surface area contributed by atoms with Gasteiger partial charge in [-0.3, -0.25) is 4.79 Å². The van der Waals surface area contributed by atoms with Gasteiger partial charge in [0.05, 0.1) is 0 Å². The van der Waals surface area contributed by atoms with Crippen LogP contribution in [0.15, 0.2) is 53.0 Å². The molecule has 0 unspecified atom stereocenters. The van der Waals surface area contributed by atoms with Crippen molar-refractivity contribution in [2.75, 3.05) is 12.4 Å². The maximum absolute atomic E-state index is 12.8. The monoisotopic (exact) mass is 365 g/mol. The number of rotatable bonds is 5. The van der Waals surface area contributed by atoms with E-state index >= 15 is 0 Å². The molecule has 2 nitrogen and oxygen atoms in total. The first-order valence-electron chi connectivity index (χ1n) is 6.77. The van der Waals surface area contributed by atoms with Gasteiger partial charge in [0.25, 0.3) is 5.91 Å². The number of nitrogens with zero attached hydrogens (tertiary/aromatic N) is 1. The maximum Gasteiger partial charge on any atom is 0.254 e. The van der Waals surface area contributed by atoms with Crippen molar-refractivity contribution in [3.63, 3.8) is 0 Å². The third kappa shape index (κ3) is 4.08. The van der Waals surface area contributed by atoms with Crippen LogP contribution in [0, 0.1) is 6.92 Å². The summed E-state index contributed by atoms with van der Waals surface area (Å²) >= 11 is 9.33. The third-order valence-electron chi connectivity index (χ3n) is 3.36. The van der Waals surface area contributed by atoms with Crippen LogP contribution in [0.4, 0.5) is 0 Å². The number of hydrogen-bond acceptors (Lipinski definition) is 1. The van der Waals surface area contributed by atoms with Crippen LogP contribution in [0.5, 0.6) is 0 Å². The highest BCUT2D eigenvalue weighted by atomic mass is 79.9. The Hall–Kier alpha value is -1.32. The van der Waals surface area contributed by atoms with Gasteiger partial charge >= 0.3 is 0 Å². The molecule has 2 rings (SSSR count). The number of benzene rings is 2. The minimum Gasteiger partial charge on any atom is -0.333 e. The molecule has 4 heteroatoms. The molecule has 0 saturated carbocycles. The molecule has 0 aliphatic heterocycles. The Bertz CT molecular complexity index is 615. The molecule has 0 saturated heterocycles. The van der Waals surface area contributed by atoms with Gasteiger partial charge in [-0.1, -0.05) is 52.3 Å². The summed E-state index contributed by atoms with van der Waals surface area (Å²) in [6, 6.07) is 15.6. The van der Waals surface area contributed by atoms with Crippen molar-refractivity contribution in [1.82, 2.24) is 4.90 Å². The lowest BCUT2D eigenvalue weighted by molar-refractivity contribution is 0.0753. The van der Waals surface area contributed by atoms with Crippen LogP contribution in [-0.4, -0.2) is 23.2 Å². The zero-order valence-corrected chi connectivity index (χ0v) is 14.2. The van der Waals surface area contributed by atoms with Crippen LogP contribution < -0.4 is 0 Å². The molecule has 0 fully saturated rings. The molecule has 0 radical (unpaired) electrons. The van der Waals surface area contributed by atoms with Crippen molar-refractivity contribution in [2.45, 2.75) is 13.5 Å². The van der Waals surface area contributed by atoms with Crippen LogP contribution >= 0.6 is 27.5 Å². The smallest absolute Gasteiger partial charge is 0.254 e. The van der Waals surface area contributed by atoms with E-state index < -0.39 is 0 Å². The number of halogens is 2. The average Bonchev–Trinajstić information content (AvgIpc) is 2.50. The summed E-state index contributed by atoms with van der Waals surface area (Å²) in [4.78, 5) is 14.5. The maximum atomic E-state index is 12.8. The molecule has 0 aromatic heterocycles. The highest BCUT2D eigenvalue weighted by Crippen LogP contribution is 2.21. The van der Waals surface area contributed by atoms with Crippen molar-refractivity contribution in [2.24, 2.45) is 0 Å². The predicted octanol–water partition coefficient (Wildman–Crippen LogP) is 4.64. The highest BCUT2D eigenvalue weighted by molar-refractivity contribution is 9.10. The number of amides is 1. The van der Waals surface area contributed by atoms with Gasteiger partial charge in [-0.05, 0) is 30.2 Å². The van der Waals surface area contributed by atoms with Crippen molar-refractivity contribution in [1.29, 1.82) is 0 Å². The zero-order valence-electron chi connectivity index (χ0n) is 11.9. The molecule has 2 aromatic rings. The summed E-state index contributed by atoms with van der Waals surface area (Å²) in [5, 5.41) is 0. The van der Waals surface area contributed by atoms with Gasteiger partial charge in [0.15, 0.2) is 0 Å². The van der Waals surface area contributed by atoms with Gasteiger partial charge in [0.1, 0.15) is 0 Å². The number of alkyl halides is 1. The van der Waals surface area contributed by atoms with E-state index in [9.17, 15) is 4.79 Å². The Morgan fingerprint density at radius 3 is 2.52 bits per heavy atom. The molecule has 0 bridgehead atoms. The van der Waals surface area contributed by atoms with Crippen LogP contribution in [0.3, 0.4) is 0 Å². The molecule has 0 N–H and O–H groups in total. The minimum atomic E-state index is 0.0123. The van der Waals surface area contributed by atoms with Crippen LogP contribution in [-0.2, 0) is 6.54 Å². The van der Waals surface area contributed by atoms with Crippen LogP contribution in [0.1, 0.15) is 21.5 Å². The molecule has 0 aliphatic carbocycles. The van der Waals surface area contributed by atoms with Crippen molar-refractivity contribution in [3.8, 4) is 0 Å².